The average molecular weight is 424 g/mol. The molecule has 0 amide bonds. The monoisotopic (exact) mass is 424 g/mol. The Bertz CT molecular complexity index is 836. The maximum absolute atomic E-state index is 13.4. The molecule has 2 N–H and O–H groups in total. The lowest BCUT2D eigenvalue weighted by atomic mass is 10.2. The van der Waals surface area contributed by atoms with Crippen LogP contribution >= 0.6 is 12.2 Å². The molecule has 0 spiro atoms. The molecular weight excluding hydrogens is 401 g/mol. The first-order chi connectivity index (χ1) is 13.7. The second-order valence-electron chi connectivity index (χ2n) is 7.00. The third kappa shape index (κ3) is 5.69. The second kappa shape index (κ2) is 8.81. The molecule has 2 aromatic rings. The molecule has 1 fully saturated rings. The number of aromatic nitrogens is 2. The van der Waals surface area contributed by atoms with Crippen molar-refractivity contribution in [2.45, 2.75) is 26.1 Å². The molecule has 1 aliphatic rings. The van der Waals surface area contributed by atoms with E-state index in [2.05, 4.69) is 25.5 Å². The van der Waals surface area contributed by atoms with Crippen molar-refractivity contribution < 1.29 is 13.2 Å². The summed E-state index contributed by atoms with van der Waals surface area (Å²) < 4.78 is 40.1. The van der Waals surface area contributed by atoms with Gasteiger partial charge < -0.3 is 20.4 Å². The molecule has 29 heavy (non-hydrogen) atoms. The van der Waals surface area contributed by atoms with Crippen molar-refractivity contribution in [1.82, 2.24) is 15.3 Å². The molecule has 10 heteroatoms. The Morgan fingerprint density at radius 3 is 2.24 bits per heavy atom. The zero-order chi connectivity index (χ0) is 21.0. The number of thiocarbonyl (C=S) groups is 1. The molecule has 1 saturated heterocycles. The molecule has 0 bridgehead atoms. The fourth-order valence-corrected chi connectivity index (χ4v) is 3.36. The van der Waals surface area contributed by atoms with E-state index in [0.717, 1.165) is 11.8 Å². The van der Waals surface area contributed by atoms with E-state index in [9.17, 15) is 13.2 Å². The topological polar surface area (TPSA) is 56.3 Å². The van der Waals surface area contributed by atoms with Crippen LogP contribution in [0, 0.1) is 0 Å². The molecule has 0 radical (unpaired) electrons. The van der Waals surface area contributed by atoms with Crippen LogP contribution < -0.4 is 20.4 Å². The number of piperazine rings is 1. The average Bonchev–Trinajstić information content (AvgIpc) is 2.67. The molecule has 1 aromatic carbocycles. The van der Waals surface area contributed by atoms with Gasteiger partial charge in [0, 0.05) is 44.0 Å². The minimum Gasteiger partial charge on any atom is -0.368 e. The highest BCUT2D eigenvalue weighted by Crippen LogP contribution is 2.31. The number of nitrogens with zero attached hydrogens (tertiary/aromatic N) is 4. The quantitative estimate of drug-likeness (QED) is 0.729. The van der Waals surface area contributed by atoms with Crippen LogP contribution in [-0.4, -0.2) is 47.3 Å². The van der Waals surface area contributed by atoms with Crippen LogP contribution in [0.1, 0.15) is 19.5 Å². The first-order valence-electron chi connectivity index (χ1n) is 9.31. The summed E-state index contributed by atoms with van der Waals surface area (Å²) in [5, 5.41) is 5.75. The van der Waals surface area contributed by atoms with Gasteiger partial charge in [0.25, 0.3) is 0 Å². The number of nitrogens with one attached hydrogen (secondary N) is 2. The van der Waals surface area contributed by atoms with E-state index in [1.54, 1.807) is 0 Å². The van der Waals surface area contributed by atoms with Gasteiger partial charge in [-0.25, -0.2) is 4.98 Å². The fraction of sp³-hybridized carbons (Fsp3) is 0.421. The number of rotatable bonds is 4. The van der Waals surface area contributed by atoms with Gasteiger partial charge in [-0.2, -0.15) is 18.2 Å². The summed E-state index contributed by atoms with van der Waals surface area (Å²) in [6, 6.07) is 10.9. The van der Waals surface area contributed by atoms with Gasteiger partial charge in [-0.15, -0.1) is 0 Å². The largest absolute Gasteiger partial charge is 0.433 e. The first kappa shape index (κ1) is 21.1. The number of benzene rings is 1. The second-order valence-corrected chi connectivity index (χ2v) is 7.40. The van der Waals surface area contributed by atoms with Crippen molar-refractivity contribution >= 4 is 34.8 Å². The van der Waals surface area contributed by atoms with E-state index in [1.807, 2.05) is 49.1 Å². The van der Waals surface area contributed by atoms with E-state index < -0.39 is 11.9 Å². The van der Waals surface area contributed by atoms with E-state index >= 15 is 0 Å². The predicted molar refractivity (Wildman–Crippen MR) is 112 cm³/mol. The maximum atomic E-state index is 13.4. The molecule has 0 aliphatic carbocycles. The van der Waals surface area contributed by atoms with Crippen molar-refractivity contribution in [2.75, 3.05) is 41.3 Å². The lowest BCUT2D eigenvalue weighted by Crippen LogP contribution is -2.47. The minimum atomic E-state index is -4.58. The van der Waals surface area contributed by atoms with Gasteiger partial charge in [-0.05, 0) is 38.2 Å². The molecule has 156 valence electrons. The van der Waals surface area contributed by atoms with E-state index in [1.165, 1.54) is 0 Å². The summed E-state index contributed by atoms with van der Waals surface area (Å²) >= 11 is 5.11. The molecule has 3 rings (SSSR count). The minimum absolute atomic E-state index is 0.0336. The van der Waals surface area contributed by atoms with Gasteiger partial charge in [-0.3, -0.25) is 0 Å². The number of hydrogen-bond acceptors (Lipinski definition) is 5. The molecule has 1 aliphatic heterocycles. The van der Waals surface area contributed by atoms with Crippen molar-refractivity contribution in [3.05, 3.63) is 42.1 Å². The Hall–Kier alpha value is -2.62. The van der Waals surface area contributed by atoms with E-state index in [4.69, 9.17) is 12.2 Å². The Labute approximate surface area is 173 Å². The number of halogens is 3. The molecule has 6 nitrogen and oxygen atoms in total. The summed E-state index contributed by atoms with van der Waals surface area (Å²) in [5.41, 5.74) is 0.0983. The van der Waals surface area contributed by atoms with Crippen LogP contribution in [0.5, 0.6) is 0 Å². The lowest BCUT2D eigenvalue weighted by Gasteiger charge is -2.37. The molecule has 0 unspecified atom stereocenters. The summed E-state index contributed by atoms with van der Waals surface area (Å²) in [6.07, 6.45) is -4.58. The third-order valence-electron chi connectivity index (χ3n) is 4.37. The smallest absolute Gasteiger partial charge is 0.368 e. The zero-order valence-corrected chi connectivity index (χ0v) is 17.0. The lowest BCUT2D eigenvalue weighted by molar-refractivity contribution is -0.141. The Balaban J connectivity index is 1.77. The highest BCUT2D eigenvalue weighted by Gasteiger charge is 2.34. The van der Waals surface area contributed by atoms with Crippen molar-refractivity contribution in [3.8, 4) is 0 Å². The maximum Gasteiger partial charge on any atom is 0.433 e. The van der Waals surface area contributed by atoms with Gasteiger partial charge >= 0.3 is 6.18 Å². The molecular formula is C19H23F3N6S. The van der Waals surface area contributed by atoms with Crippen molar-refractivity contribution in [3.63, 3.8) is 0 Å². The molecule has 0 atom stereocenters. The van der Waals surface area contributed by atoms with Crippen LogP contribution in [0.3, 0.4) is 0 Å². The van der Waals surface area contributed by atoms with Crippen LogP contribution in [0.15, 0.2) is 36.4 Å². The van der Waals surface area contributed by atoms with E-state index in [-0.39, 0.29) is 22.9 Å². The molecule has 1 aromatic heterocycles. The summed E-state index contributed by atoms with van der Waals surface area (Å²) in [4.78, 5) is 11.9. The summed E-state index contributed by atoms with van der Waals surface area (Å²) in [5.74, 6) is 0.0633. The first-order valence-corrected chi connectivity index (χ1v) is 9.72. The van der Waals surface area contributed by atoms with Crippen LogP contribution in [-0.2, 0) is 6.18 Å². The van der Waals surface area contributed by atoms with Crippen molar-refractivity contribution in [1.29, 1.82) is 0 Å². The van der Waals surface area contributed by atoms with Gasteiger partial charge in [-0.1, -0.05) is 18.2 Å². The number of para-hydroxylation sites is 1. The molecule has 0 saturated carbocycles. The predicted octanol–water partition coefficient (Wildman–Crippen LogP) is 3.52. The highest BCUT2D eigenvalue weighted by atomic mass is 32.1. The van der Waals surface area contributed by atoms with E-state index in [0.29, 0.717) is 26.2 Å². The van der Waals surface area contributed by atoms with Crippen molar-refractivity contribution in [2.24, 2.45) is 0 Å². The summed E-state index contributed by atoms with van der Waals surface area (Å²) in [7, 11) is 0. The van der Waals surface area contributed by atoms with Gasteiger partial charge in [0.15, 0.2) is 10.8 Å². The normalized spacial score (nSPS) is 14.8. The number of anilines is 3. The number of hydrogen-bond donors (Lipinski definition) is 2. The Morgan fingerprint density at radius 2 is 1.66 bits per heavy atom. The van der Waals surface area contributed by atoms with Crippen LogP contribution in [0.25, 0.3) is 0 Å². The Morgan fingerprint density at radius 1 is 1.03 bits per heavy atom. The standard InChI is InChI=1S/C19H23F3N6S/c1-13(2)23-18(29)26-17-24-15(19(20,21)22)12-16(25-17)28-10-8-27(9-11-28)14-6-4-3-5-7-14/h3-7,12-13H,8-11H2,1-2H3,(H2,23,24,25,26,29). The highest BCUT2D eigenvalue weighted by molar-refractivity contribution is 7.80. The van der Waals surface area contributed by atoms with Gasteiger partial charge in [0.05, 0.1) is 0 Å². The third-order valence-corrected chi connectivity index (χ3v) is 4.59. The van der Waals surface area contributed by atoms with Crippen LogP contribution in [0.2, 0.25) is 0 Å². The summed E-state index contributed by atoms with van der Waals surface area (Å²) in [6.45, 7) is 6.23. The molecule has 2 heterocycles. The SMILES string of the molecule is CC(C)NC(=S)Nc1nc(N2CCN(c3ccccc3)CC2)cc(C(F)(F)F)n1. The van der Waals surface area contributed by atoms with Gasteiger partial charge in [0.2, 0.25) is 5.95 Å². The Kier molecular flexibility index (Phi) is 6.41. The number of alkyl halides is 3. The fourth-order valence-electron chi connectivity index (χ4n) is 3.03. The zero-order valence-electron chi connectivity index (χ0n) is 16.2. The van der Waals surface area contributed by atoms with Gasteiger partial charge in [0.1, 0.15) is 5.82 Å². The van der Waals surface area contributed by atoms with Crippen LogP contribution in [0.4, 0.5) is 30.6 Å².